The predicted molar refractivity (Wildman–Crippen MR) is 52.6 cm³/mol. The molecule has 1 unspecified atom stereocenters. The lowest BCUT2D eigenvalue weighted by Gasteiger charge is -2.03. The Kier molecular flexibility index (Phi) is 3.35. The van der Waals surface area contributed by atoms with Crippen molar-refractivity contribution in [2.75, 3.05) is 0 Å². The van der Waals surface area contributed by atoms with Crippen molar-refractivity contribution in [1.29, 1.82) is 0 Å². The Morgan fingerprint density at radius 3 is 2.92 bits per heavy atom. The number of aldehydes is 1. The van der Waals surface area contributed by atoms with Gasteiger partial charge in [0.25, 0.3) is 0 Å². The van der Waals surface area contributed by atoms with Crippen LogP contribution in [-0.4, -0.2) is 6.29 Å². The van der Waals surface area contributed by atoms with Gasteiger partial charge >= 0.3 is 0 Å². The summed E-state index contributed by atoms with van der Waals surface area (Å²) in [5.41, 5.74) is 1.17. The summed E-state index contributed by atoms with van der Waals surface area (Å²) >= 11 is 4.22. The first kappa shape index (κ1) is 9.33. The van der Waals surface area contributed by atoms with Crippen molar-refractivity contribution in [1.82, 2.24) is 0 Å². The highest BCUT2D eigenvalue weighted by atomic mass is 32.1. The molecule has 0 saturated carbocycles. The quantitative estimate of drug-likeness (QED) is 0.558. The molecular weight excluding hydrogens is 168 g/mol. The summed E-state index contributed by atoms with van der Waals surface area (Å²) in [5.74, 6) is 0.0973. The van der Waals surface area contributed by atoms with Gasteiger partial charge in [-0.25, -0.2) is 0 Å². The van der Waals surface area contributed by atoms with Gasteiger partial charge in [-0.05, 0) is 24.1 Å². The molecule has 1 atom stereocenters. The van der Waals surface area contributed by atoms with Crippen molar-refractivity contribution in [2.24, 2.45) is 5.92 Å². The molecule has 0 heterocycles. The molecule has 0 aromatic heterocycles. The lowest BCUT2D eigenvalue weighted by molar-refractivity contribution is -0.110. The Hall–Kier alpha value is -0.760. The lowest BCUT2D eigenvalue weighted by Crippen LogP contribution is -2.00. The normalized spacial score (nSPS) is 12.5. The summed E-state index contributed by atoms with van der Waals surface area (Å²) in [7, 11) is 0. The van der Waals surface area contributed by atoms with Crippen molar-refractivity contribution < 1.29 is 4.79 Å². The largest absolute Gasteiger partial charge is 0.303 e. The molecule has 0 bridgehead atoms. The second-order valence-corrected chi connectivity index (χ2v) is 3.50. The average Bonchev–Trinajstić information content (AvgIpc) is 2.04. The van der Waals surface area contributed by atoms with Gasteiger partial charge in [0.1, 0.15) is 6.29 Å². The Labute approximate surface area is 78.2 Å². The molecule has 0 fully saturated rings. The van der Waals surface area contributed by atoms with E-state index in [1.54, 1.807) is 0 Å². The van der Waals surface area contributed by atoms with Gasteiger partial charge in [0.2, 0.25) is 0 Å². The topological polar surface area (TPSA) is 17.1 Å². The van der Waals surface area contributed by atoms with Crippen molar-refractivity contribution in [2.45, 2.75) is 18.2 Å². The van der Waals surface area contributed by atoms with E-state index >= 15 is 0 Å². The Morgan fingerprint density at radius 2 is 2.33 bits per heavy atom. The van der Waals surface area contributed by atoms with E-state index in [9.17, 15) is 4.79 Å². The van der Waals surface area contributed by atoms with Gasteiger partial charge in [0.05, 0.1) is 0 Å². The van der Waals surface area contributed by atoms with Crippen LogP contribution in [0.25, 0.3) is 0 Å². The second kappa shape index (κ2) is 4.31. The first-order valence-electron chi connectivity index (χ1n) is 3.95. The van der Waals surface area contributed by atoms with Crippen LogP contribution in [0.15, 0.2) is 29.2 Å². The van der Waals surface area contributed by atoms with Gasteiger partial charge in [0, 0.05) is 10.8 Å². The minimum Gasteiger partial charge on any atom is -0.303 e. The zero-order valence-corrected chi connectivity index (χ0v) is 7.92. The van der Waals surface area contributed by atoms with E-state index in [1.165, 1.54) is 5.56 Å². The maximum absolute atomic E-state index is 10.4. The highest BCUT2D eigenvalue weighted by Gasteiger charge is 2.00. The number of rotatable bonds is 3. The Morgan fingerprint density at radius 1 is 1.58 bits per heavy atom. The number of hydrogen-bond acceptors (Lipinski definition) is 2. The summed E-state index contributed by atoms with van der Waals surface area (Å²) in [6.07, 6.45) is 1.78. The van der Waals surface area contributed by atoms with Crippen LogP contribution in [0, 0.1) is 5.92 Å². The van der Waals surface area contributed by atoms with E-state index < -0.39 is 0 Å². The molecule has 0 aliphatic heterocycles. The fourth-order valence-electron chi connectivity index (χ4n) is 1.10. The molecule has 1 aromatic carbocycles. The van der Waals surface area contributed by atoms with Crippen molar-refractivity contribution >= 4 is 18.9 Å². The molecule has 12 heavy (non-hydrogen) atoms. The molecular formula is C10H12OS. The Balaban J connectivity index is 2.69. The van der Waals surface area contributed by atoms with Crippen molar-refractivity contribution in [3.63, 3.8) is 0 Å². The van der Waals surface area contributed by atoms with Gasteiger partial charge in [-0.1, -0.05) is 19.1 Å². The predicted octanol–water partition coefficient (Wildman–Crippen LogP) is 2.35. The van der Waals surface area contributed by atoms with Crippen LogP contribution in [0.3, 0.4) is 0 Å². The van der Waals surface area contributed by atoms with Crippen LogP contribution in [-0.2, 0) is 11.2 Å². The van der Waals surface area contributed by atoms with Crippen LogP contribution in [0.2, 0.25) is 0 Å². The summed E-state index contributed by atoms with van der Waals surface area (Å²) in [5, 5.41) is 0. The third-order valence-corrected chi connectivity index (χ3v) is 1.98. The molecule has 2 heteroatoms. The fraction of sp³-hybridized carbons (Fsp3) is 0.300. The molecule has 1 rings (SSSR count). The minimum atomic E-state index is 0.0973. The smallest absolute Gasteiger partial charge is 0.123 e. The van der Waals surface area contributed by atoms with Crippen LogP contribution in [0.4, 0.5) is 0 Å². The molecule has 0 spiro atoms. The summed E-state index contributed by atoms with van der Waals surface area (Å²) in [4.78, 5) is 11.3. The van der Waals surface area contributed by atoms with E-state index in [4.69, 9.17) is 0 Å². The maximum Gasteiger partial charge on any atom is 0.123 e. The molecule has 1 nitrogen and oxygen atoms in total. The zero-order valence-electron chi connectivity index (χ0n) is 7.03. The highest BCUT2D eigenvalue weighted by Crippen LogP contribution is 2.11. The molecule has 0 amide bonds. The first-order valence-corrected chi connectivity index (χ1v) is 4.40. The van der Waals surface area contributed by atoms with Crippen molar-refractivity contribution in [3.8, 4) is 0 Å². The van der Waals surface area contributed by atoms with Crippen LogP contribution >= 0.6 is 12.6 Å². The van der Waals surface area contributed by atoms with E-state index in [-0.39, 0.29) is 5.92 Å². The number of benzene rings is 1. The summed E-state index contributed by atoms with van der Waals surface area (Å²) in [6.45, 7) is 1.91. The highest BCUT2D eigenvalue weighted by molar-refractivity contribution is 7.80. The van der Waals surface area contributed by atoms with Gasteiger partial charge in [-0.3, -0.25) is 0 Å². The lowest BCUT2D eigenvalue weighted by atomic mass is 10.0. The first-order chi connectivity index (χ1) is 5.72. The third-order valence-electron chi connectivity index (χ3n) is 1.70. The van der Waals surface area contributed by atoms with E-state index in [0.29, 0.717) is 0 Å². The molecule has 0 saturated heterocycles. The average molecular weight is 180 g/mol. The van der Waals surface area contributed by atoms with E-state index in [2.05, 4.69) is 12.6 Å². The second-order valence-electron chi connectivity index (χ2n) is 2.99. The third kappa shape index (κ3) is 2.70. The van der Waals surface area contributed by atoms with Gasteiger partial charge in [-0.15, -0.1) is 12.6 Å². The van der Waals surface area contributed by atoms with Gasteiger partial charge in [0.15, 0.2) is 0 Å². The molecule has 0 radical (unpaired) electrons. The van der Waals surface area contributed by atoms with E-state index in [0.717, 1.165) is 17.6 Å². The monoisotopic (exact) mass is 180 g/mol. The number of thiol groups is 1. The van der Waals surface area contributed by atoms with E-state index in [1.807, 2.05) is 31.2 Å². The molecule has 64 valence electrons. The zero-order chi connectivity index (χ0) is 8.97. The van der Waals surface area contributed by atoms with Gasteiger partial charge < -0.3 is 4.79 Å². The Bertz CT molecular complexity index is 270. The number of hydrogen-bond donors (Lipinski definition) is 1. The number of carbonyl (C=O) groups excluding carboxylic acids is 1. The summed E-state index contributed by atoms with van der Waals surface area (Å²) < 4.78 is 0. The molecule has 1 aromatic rings. The minimum absolute atomic E-state index is 0.0973. The van der Waals surface area contributed by atoms with Crippen LogP contribution in [0.1, 0.15) is 12.5 Å². The molecule has 0 aliphatic carbocycles. The molecule has 0 N–H and O–H groups in total. The van der Waals surface area contributed by atoms with Crippen LogP contribution < -0.4 is 0 Å². The van der Waals surface area contributed by atoms with Crippen molar-refractivity contribution in [3.05, 3.63) is 29.8 Å². The molecule has 0 aliphatic rings. The summed E-state index contributed by atoms with van der Waals surface area (Å²) in [6, 6.07) is 7.89. The SMILES string of the molecule is CC(C=O)Cc1cccc(S)c1. The number of carbonyl (C=O) groups is 1. The van der Waals surface area contributed by atoms with Crippen LogP contribution in [0.5, 0.6) is 0 Å². The standard InChI is InChI=1S/C10H12OS/c1-8(7-11)5-9-3-2-4-10(12)6-9/h2-4,6-8,12H,5H2,1H3. The van der Waals surface area contributed by atoms with Gasteiger partial charge in [-0.2, -0.15) is 0 Å². The fourth-order valence-corrected chi connectivity index (χ4v) is 1.36. The maximum atomic E-state index is 10.4.